The van der Waals surface area contributed by atoms with Crippen LogP contribution in [0, 0.1) is 0 Å². The summed E-state index contributed by atoms with van der Waals surface area (Å²) in [6.45, 7) is 2.28. The highest BCUT2D eigenvalue weighted by atomic mass is 15.0. The van der Waals surface area contributed by atoms with Crippen molar-refractivity contribution in [1.29, 1.82) is 0 Å². The van der Waals surface area contributed by atoms with Crippen molar-refractivity contribution < 1.29 is 0 Å². The van der Waals surface area contributed by atoms with Gasteiger partial charge >= 0.3 is 0 Å². The fourth-order valence-corrected chi connectivity index (χ4v) is 4.12. The van der Waals surface area contributed by atoms with Crippen LogP contribution in [0.25, 0.3) is 10.9 Å². The largest absolute Gasteiger partial charge is 0.370 e. The molecule has 122 valence electrons. The number of hydrogen-bond acceptors (Lipinski definition) is 1. The number of H-pyrrole nitrogens is 1. The van der Waals surface area contributed by atoms with E-state index in [1.54, 1.807) is 0 Å². The molecule has 0 spiro atoms. The average molecular weight is 324 g/mol. The molecule has 0 saturated heterocycles. The fourth-order valence-electron chi connectivity index (χ4n) is 4.12. The number of aromatic amines is 1. The van der Waals surface area contributed by atoms with E-state index in [0.29, 0.717) is 0 Å². The third kappa shape index (κ3) is 2.11. The highest BCUT2D eigenvalue weighted by Crippen LogP contribution is 2.42. The van der Waals surface area contributed by atoms with Gasteiger partial charge in [-0.15, -0.1) is 0 Å². The highest BCUT2D eigenvalue weighted by molar-refractivity contribution is 5.87. The minimum absolute atomic E-state index is 0.303. The second kappa shape index (κ2) is 5.25. The average Bonchev–Trinajstić information content (AvgIpc) is 2.97. The summed E-state index contributed by atoms with van der Waals surface area (Å²) in [5.74, 6) is 0. The van der Waals surface area contributed by atoms with Crippen LogP contribution in [0.4, 0.5) is 5.69 Å². The first-order valence-corrected chi connectivity index (χ1v) is 8.77. The Balaban J connectivity index is 1.85. The lowest BCUT2D eigenvalue weighted by molar-refractivity contribution is 0.640. The van der Waals surface area contributed by atoms with Crippen molar-refractivity contribution >= 4 is 16.6 Å². The number of rotatable bonds is 1. The number of aromatic nitrogens is 1. The summed E-state index contributed by atoms with van der Waals surface area (Å²) < 4.78 is 0. The van der Waals surface area contributed by atoms with E-state index < -0.39 is 0 Å². The lowest BCUT2D eigenvalue weighted by atomic mass is 9.86. The molecule has 1 aliphatic rings. The molecule has 0 saturated carbocycles. The zero-order valence-corrected chi connectivity index (χ0v) is 14.2. The Morgan fingerprint density at radius 1 is 0.800 bits per heavy atom. The van der Waals surface area contributed by atoms with Crippen LogP contribution in [-0.4, -0.2) is 4.98 Å². The topological polar surface area (TPSA) is 27.8 Å². The van der Waals surface area contributed by atoms with Gasteiger partial charge in [0, 0.05) is 28.7 Å². The van der Waals surface area contributed by atoms with Gasteiger partial charge in [0.25, 0.3) is 0 Å². The first kappa shape index (κ1) is 14.4. The normalized spacial score (nSPS) is 18.9. The molecule has 2 N–H and O–H groups in total. The van der Waals surface area contributed by atoms with E-state index >= 15 is 0 Å². The first-order valence-electron chi connectivity index (χ1n) is 8.77. The standard InChI is InChI=1S/C23H20N2/c1-23(17-10-3-2-4-11-17)22-19(18-12-6-8-14-21(18)24-22)15-16-9-5-7-13-20(16)25-23/h2-14,24-25H,15H2,1H3. The molecule has 4 aromatic rings. The summed E-state index contributed by atoms with van der Waals surface area (Å²) in [5.41, 5.74) is 7.36. The summed E-state index contributed by atoms with van der Waals surface area (Å²) in [4.78, 5) is 3.72. The molecular weight excluding hydrogens is 304 g/mol. The summed E-state index contributed by atoms with van der Waals surface area (Å²) in [5, 5.41) is 5.16. The summed E-state index contributed by atoms with van der Waals surface area (Å²) >= 11 is 0. The molecular formula is C23H20N2. The predicted octanol–water partition coefficient (Wildman–Crippen LogP) is 5.45. The van der Waals surface area contributed by atoms with Crippen molar-refractivity contribution in [2.45, 2.75) is 18.9 Å². The van der Waals surface area contributed by atoms with Gasteiger partial charge in [0.1, 0.15) is 5.54 Å². The molecule has 0 aliphatic carbocycles. The third-order valence-electron chi connectivity index (χ3n) is 5.43. The first-order chi connectivity index (χ1) is 12.3. The molecule has 1 atom stereocenters. The minimum atomic E-state index is -0.303. The molecule has 0 radical (unpaired) electrons. The third-order valence-corrected chi connectivity index (χ3v) is 5.43. The van der Waals surface area contributed by atoms with E-state index in [1.165, 1.54) is 39.0 Å². The van der Waals surface area contributed by atoms with E-state index in [9.17, 15) is 0 Å². The van der Waals surface area contributed by atoms with E-state index in [-0.39, 0.29) is 5.54 Å². The van der Waals surface area contributed by atoms with Crippen molar-refractivity contribution in [3.63, 3.8) is 0 Å². The zero-order chi connectivity index (χ0) is 16.9. The van der Waals surface area contributed by atoms with Gasteiger partial charge in [-0.05, 0) is 35.7 Å². The van der Waals surface area contributed by atoms with Crippen LogP contribution in [0.15, 0.2) is 78.9 Å². The maximum Gasteiger partial charge on any atom is 0.100 e. The molecule has 5 rings (SSSR count). The second-order valence-electron chi connectivity index (χ2n) is 6.97. The van der Waals surface area contributed by atoms with Crippen LogP contribution >= 0.6 is 0 Å². The maximum absolute atomic E-state index is 3.84. The van der Waals surface area contributed by atoms with Crippen molar-refractivity contribution in [2.24, 2.45) is 0 Å². The van der Waals surface area contributed by atoms with Crippen LogP contribution in [0.3, 0.4) is 0 Å². The molecule has 0 bridgehead atoms. The van der Waals surface area contributed by atoms with Gasteiger partial charge in [-0.25, -0.2) is 0 Å². The number of benzene rings is 3. The molecule has 3 aromatic carbocycles. The molecule has 1 aromatic heterocycles. The quantitative estimate of drug-likeness (QED) is 0.479. The Bertz CT molecular complexity index is 1060. The van der Waals surface area contributed by atoms with Gasteiger partial charge in [-0.1, -0.05) is 66.7 Å². The second-order valence-corrected chi connectivity index (χ2v) is 6.97. The number of nitrogens with one attached hydrogen (secondary N) is 2. The van der Waals surface area contributed by atoms with Crippen LogP contribution in [0.1, 0.15) is 29.3 Å². The van der Waals surface area contributed by atoms with Gasteiger partial charge in [-0.2, -0.15) is 0 Å². The van der Waals surface area contributed by atoms with Gasteiger partial charge in [0.2, 0.25) is 0 Å². The summed E-state index contributed by atoms with van der Waals surface area (Å²) in [7, 11) is 0. The van der Waals surface area contributed by atoms with Crippen LogP contribution in [-0.2, 0) is 12.0 Å². The van der Waals surface area contributed by atoms with Crippen molar-refractivity contribution in [3.05, 3.63) is 101 Å². The Morgan fingerprint density at radius 3 is 2.40 bits per heavy atom. The molecule has 0 amide bonds. The van der Waals surface area contributed by atoms with E-state index in [4.69, 9.17) is 0 Å². The Labute approximate surface area is 147 Å². The maximum atomic E-state index is 3.84. The zero-order valence-electron chi connectivity index (χ0n) is 14.2. The van der Waals surface area contributed by atoms with Gasteiger partial charge < -0.3 is 10.3 Å². The lowest BCUT2D eigenvalue weighted by Crippen LogP contribution is -2.33. The Morgan fingerprint density at radius 2 is 1.52 bits per heavy atom. The molecule has 2 heteroatoms. The summed E-state index contributed by atoms with van der Waals surface area (Å²) in [6.07, 6.45) is 0.935. The smallest absolute Gasteiger partial charge is 0.100 e. The molecule has 1 aliphatic heterocycles. The van der Waals surface area contributed by atoms with Crippen LogP contribution < -0.4 is 5.32 Å². The van der Waals surface area contributed by atoms with E-state index in [1.807, 2.05) is 0 Å². The van der Waals surface area contributed by atoms with E-state index in [2.05, 4.69) is 96.1 Å². The number of anilines is 1. The monoisotopic (exact) mass is 324 g/mol. The number of para-hydroxylation sites is 2. The number of fused-ring (bicyclic) bond motifs is 4. The molecule has 1 unspecified atom stereocenters. The Hall–Kier alpha value is -3.00. The van der Waals surface area contributed by atoms with Crippen LogP contribution in [0.5, 0.6) is 0 Å². The van der Waals surface area contributed by atoms with Crippen molar-refractivity contribution in [1.82, 2.24) is 4.98 Å². The minimum Gasteiger partial charge on any atom is -0.370 e. The van der Waals surface area contributed by atoms with E-state index in [0.717, 1.165) is 6.42 Å². The molecule has 0 fully saturated rings. The highest BCUT2D eigenvalue weighted by Gasteiger charge is 2.36. The predicted molar refractivity (Wildman–Crippen MR) is 104 cm³/mol. The SMILES string of the molecule is CC1(c2ccccc2)Nc2ccccc2Cc2c1[nH]c1ccccc21. The van der Waals surface area contributed by atoms with Gasteiger partial charge in [0.05, 0.1) is 0 Å². The molecule has 2 nitrogen and oxygen atoms in total. The van der Waals surface area contributed by atoms with Gasteiger partial charge in [-0.3, -0.25) is 0 Å². The Kier molecular flexibility index (Phi) is 3.01. The van der Waals surface area contributed by atoms with Crippen molar-refractivity contribution in [3.8, 4) is 0 Å². The number of hydrogen-bond donors (Lipinski definition) is 2. The summed E-state index contributed by atoms with van der Waals surface area (Å²) in [6, 6.07) is 28.0. The van der Waals surface area contributed by atoms with Crippen LogP contribution in [0.2, 0.25) is 0 Å². The molecule has 2 heterocycles. The molecule has 25 heavy (non-hydrogen) atoms. The van der Waals surface area contributed by atoms with Gasteiger partial charge in [0.15, 0.2) is 0 Å². The lowest BCUT2D eigenvalue weighted by Gasteiger charge is -2.32. The fraction of sp³-hybridized carbons (Fsp3) is 0.130. The van der Waals surface area contributed by atoms with Crippen molar-refractivity contribution in [2.75, 3.05) is 5.32 Å².